The molecule has 0 bridgehead atoms. The van der Waals surface area contributed by atoms with E-state index in [4.69, 9.17) is 5.73 Å². The normalized spacial score (nSPS) is 22.5. The van der Waals surface area contributed by atoms with Gasteiger partial charge in [-0.3, -0.25) is 4.79 Å². The zero-order valence-electron chi connectivity index (χ0n) is 12.0. The Balaban J connectivity index is 1.94. The van der Waals surface area contributed by atoms with Gasteiger partial charge >= 0.3 is 0 Å². The van der Waals surface area contributed by atoms with Crippen LogP contribution in [0.1, 0.15) is 55.8 Å². The number of benzene rings is 1. The highest BCUT2D eigenvalue weighted by Gasteiger charge is 2.20. The Bertz CT molecular complexity index is 468. The molecule has 1 aliphatic rings. The smallest absolute Gasteiger partial charge is 0.251 e. The van der Waals surface area contributed by atoms with Crippen LogP contribution in [-0.4, -0.2) is 11.9 Å². The van der Waals surface area contributed by atoms with Gasteiger partial charge < -0.3 is 11.1 Å². The Morgan fingerprint density at radius 1 is 1.35 bits per heavy atom. The third-order valence-corrected chi connectivity index (χ3v) is 4.15. The van der Waals surface area contributed by atoms with E-state index in [0.717, 1.165) is 24.4 Å². The van der Waals surface area contributed by atoms with Crippen molar-refractivity contribution in [2.75, 3.05) is 5.32 Å². The van der Waals surface area contributed by atoms with Crippen LogP contribution in [-0.2, 0) is 0 Å². The van der Waals surface area contributed by atoms with Crippen LogP contribution in [0.25, 0.3) is 0 Å². The molecule has 3 N–H and O–H groups in total. The van der Waals surface area contributed by atoms with Crippen LogP contribution in [0.4, 0.5) is 10.1 Å². The lowest BCUT2D eigenvalue weighted by atomic mass is 9.83. The van der Waals surface area contributed by atoms with Gasteiger partial charge in [-0.2, -0.15) is 0 Å². The summed E-state index contributed by atoms with van der Waals surface area (Å²) in [7, 11) is 0. The molecule has 0 aromatic heterocycles. The van der Waals surface area contributed by atoms with E-state index >= 15 is 0 Å². The van der Waals surface area contributed by atoms with Crippen molar-refractivity contribution in [3.05, 3.63) is 29.6 Å². The van der Waals surface area contributed by atoms with E-state index in [9.17, 15) is 9.18 Å². The molecule has 0 atom stereocenters. The van der Waals surface area contributed by atoms with E-state index in [-0.39, 0.29) is 5.56 Å². The topological polar surface area (TPSA) is 55.1 Å². The summed E-state index contributed by atoms with van der Waals surface area (Å²) in [5.74, 6) is -0.431. The fraction of sp³-hybridized carbons (Fsp3) is 0.562. The minimum atomic E-state index is -0.724. The number of amides is 1. The van der Waals surface area contributed by atoms with Gasteiger partial charge in [0.2, 0.25) is 0 Å². The zero-order valence-corrected chi connectivity index (χ0v) is 12.0. The molecule has 0 radical (unpaired) electrons. The lowest BCUT2D eigenvalue weighted by Crippen LogP contribution is -2.26. The minimum absolute atomic E-state index is 0.0466. The van der Waals surface area contributed by atoms with Gasteiger partial charge in [0.05, 0.1) is 5.56 Å². The Morgan fingerprint density at radius 2 is 2.05 bits per heavy atom. The fourth-order valence-corrected chi connectivity index (χ4v) is 3.04. The van der Waals surface area contributed by atoms with E-state index in [1.165, 1.54) is 37.8 Å². The molecule has 20 heavy (non-hydrogen) atoms. The SMILES string of the molecule is CCCC1CCC(Nc2ccc(F)c(C(N)=O)c2)CC1. The van der Waals surface area contributed by atoms with Crippen LogP contribution >= 0.6 is 0 Å². The van der Waals surface area contributed by atoms with E-state index in [2.05, 4.69) is 12.2 Å². The van der Waals surface area contributed by atoms with Gasteiger partial charge in [0.15, 0.2) is 0 Å². The maximum atomic E-state index is 13.4. The van der Waals surface area contributed by atoms with Crippen molar-refractivity contribution in [3.63, 3.8) is 0 Å². The van der Waals surface area contributed by atoms with Crippen molar-refractivity contribution in [2.45, 2.75) is 51.5 Å². The second kappa shape index (κ2) is 6.73. The molecule has 2 rings (SSSR count). The molecule has 1 fully saturated rings. The summed E-state index contributed by atoms with van der Waals surface area (Å²) in [5, 5.41) is 3.39. The highest BCUT2D eigenvalue weighted by atomic mass is 19.1. The molecule has 4 heteroatoms. The number of nitrogens with two attached hydrogens (primary N) is 1. The van der Waals surface area contributed by atoms with E-state index < -0.39 is 11.7 Å². The summed E-state index contributed by atoms with van der Waals surface area (Å²) in [6.45, 7) is 2.23. The maximum Gasteiger partial charge on any atom is 0.251 e. The Kier molecular flexibility index (Phi) is 4.99. The first-order chi connectivity index (χ1) is 9.60. The highest BCUT2D eigenvalue weighted by molar-refractivity contribution is 5.94. The lowest BCUT2D eigenvalue weighted by molar-refractivity contribution is 0.0996. The molecule has 1 aromatic rings. The first-order valence-electron chi connectivity index (χ1n) is 7.46. The summed E-state index contributed by atoms with van der Waals surface area (Å²) in [6, 6.07) is 4.88. The Labute approximate surface area is 119 Å². The van der Waals surface area contributed by atoms with Gasteiger partial charge in [0.25, 0.3) is 5.91 Å². The Hall–Kier alpha value is -1.58. The summed E-state index contributed by atoms with van der Waals surface area (Å²) in [5.41, 5.74) is 5.89. The molecule has 1 aliphatic carbocycles. The van der Waals surface area contributed by atoms with Gasteiger partial charge in [-0.1, -0.05) is 19.8 Å². The van der Waals surface area contributed by atoms with Crippen molar-refractivity contribution < 1.29 is 9.18 Å². The van der Waals surface area contributed by atoms with Crippen molar-refractivity contribution in [2.24, 2.45) is 11.7 Å². The average molecular weight is 278 g/mol. The molecule has 0 unspecified atom stereocenters. The van der Waals surface area contributed by atoms with Crippen LogP contribution in [0.3, 0.4) is 0 Å². The van der Waals surface area contributed by atoms with E-state index in [1.54, 1.807) is 6.07 Å². The van der Waals surface area contributed by atoms with Gasteiger partial charge in [0.1, 0.15) is 5.82 Å². The van der Waals surface area contributed by atoms with Crippen molar-refractivity contribution in [3.8, 4) is 0 Å². The number of rotatable bonds is 5. The molecular weight excluding hydrogens is 255 g/mol. The van der Waals surface area contributed by atoms with Gasteiger partial charge in [0, 0.05) is 11.7 Å². The van der Waals surface area contributed by atoms with E-state index in [1.807, 2.05) is 0 Å². The average Bonchev–Trinajstić information content (AvgIpc) is 2.43. The second-order valence-electron chi connectivity index (χ2n) is 5.71. The van der Waals surface area contributed by atoms with Gasteiger partial charge in [-0.05, 0) is 49.8 Å². The van der Waals surface area contributed by atoms with E-state index in [0.29, 0.717) is 6.04 Å². The molecule has 3 nitrogen and oxygen atoms in total. The van der Waals surface area contributed by atoms with Crippen molar-refractivity contribution >= 4 is 11.6 Å². The summed E-state index contributed by atoms with van der Waals surface area (Å²) < 4.78 is 13.4. The molecule has 110 valence electrons. The predicted octanol–water partition coefficient (Wildman–Crippen LogP) is 3.70. The quantitative estimate of drug-likeness (QED) is 0.863. The van der Waals surface area contributed by atoms with Crippen molar-refractivity contribution in [1.82, 2.24) is 0 Å². The summed E-state index contributed by atoms with van der Waals surface area (Å²) >= 11 is 0. The molecule has 1 saturated carbocycles. The summed E-state index contributed by atoms with van der Waals surface area (Å²) in [4.78, 5) is 11.1. The number of carbonyl (C=O) groups excluding carboxylic acids is 1. The number of primary amides is 1. The van der Waals surface area contributed by atoms with Gasteiger partial charge in [-0.15, -0.1) is 0 Å². The highest BCUT2D eigenvalue weighted by Crippen LogP contribution is 2.29. The molecule has 1 amide bonds. The molecular formula is C16H23FN2O. The predicted molar refractivity (Wildman–Crippen MR) is 79.2 cm³/mol. The standard InChI is InChI=1S/C16H23FN2O/c1-2-3-11-4-6-12(7-5-11)19-13-8-9-15(17)14(10-13)16(18)20/h8-12,19H,2-7H2,1H3,(H2,18,20). The number of hydrogen-bond acceptors (Lipinski definition) is 2. The third-order valence-electron chi connectivity index (χ3n) is 4.15. The molecule has 0 saturated heterocycles. The Morgan fingerprint density at radius 3 is 2.65 bits per heavy atom. The first kappa shape index (κ1) is 14.8. The third kappa shape index (κ3) is 3.71. The van der Waals surface area contributed by atoms with Crippen molar-refractivity contribution in [1.29, 1.82) is 0 Å². The maximum absolute atomic E-state index is 13.4. The number of anilines is 1. The first-order valence-corrected chi connectivity index (χ1v) is 7.46. The second-order valence-corrected chi connectivity index (χ2v) is 5.71. The number of hydrogen-bond donors (Lipinski definition) is 2. The molecule has 0 spiro atoms. The number of halogens is 1. The number of nitrogens with one attached hydrogen (secondary N) is 1. The lowest BCUT2D eigenvalue weighted by Gasteiger charge is -2.29. The van der Waals surface area contributed by atoms with Crippen LogP contribution in [0.15, 0.2) is 18.2 Å². The van der Waals surface area contributed by atoms with Crippen LogP contribution in [0.5, 0.6) is 0 Å². The van der Waals surface area contributed by atoms with Crippen LogP contribution in [0.2, 0.25) is 0 Å². The largest absolute Gasteiger partial charge is 0.382 e. The van der Waals surface area contributed by atoms with Crippen LogP contribution in [0, 0.1) is 11.7 Å². The minimum Gasteiger partial charge on any atom is -0.382 e. The zero-order chi connectivity index (χ0) is 14.5. The van der Waals surface area contributed by atoms with Crippen LogP contribution < -0.4 is 11.1 Å². The summed E-state index contributed by atoms with van der Waals surface area (Å²) in [6.07, 6.45) is 7.32. The fourth-order valence-electron chi connectivity index (χ4n) is 3.04. The molecule has 0 heterocycles. The van der Waals surface area contributed by atoms with Gasteiger partial charge in [-0.25, -0.2) is 4.39 Å². The number of carbonyl (C=O) groups is 1. The molecule has 0 aliphatic heterocycles. The molecule has 1 aromatic carbocycles. The monoisotopic (exact) mass is 278 g/mol.